The number of hydrogen-bond donors (Lipinski definition) is 1. The molecule has 3 rings (SSSR count). The number of halogens is 1. The lowest BCUT2D eigenvalue weighted by atomic mass is 9.87. The highest BCUT2D eigenvalue weighted by Crippen LogP contribution is 2.38. The fourth-order valence-electron chi connectivity index (χ4n) is 3.26. The molecule has 2 aromatic rings. The van der Waals surface area contributed by atoms with Crippen molar-refractivity contribution in [1.82, 2.24) is 5.43 Å². The number of hydrazone groups is 1. The van der Waals surface area contributed by atoms with E-state index < -0.39 is 0 Å². The Morgan fingerprint density at radius 1 is 1.04 bits per heavy atom. The average molecular weight is 387 g/mol. The van der Waals surface area contributed by atoms with Crippen molar-refractivity contribution in [3.05, 3.63) is 58.1 Å². The predicted octanol–water partition coefficient (Wildman–Crippen LogP) is 4.51. The number of hydrogen-bond acceptors (Lipinski definition) is 4. The molecule has 0 bridgehead atoms. The van der Waals surface area contributed by atoms with E-state index in [1.165, 1.54) is 0 Å². The number of amides is 1. The second-order valence-corrected chi connectivity index (χ2v) is 6.54. The van der Waals surface area contributed by atoms with Gasteiger partial charge in [0.2, 0.25) is 5.91 Å². The summed E-state index contributed by atoms with van der Waals surface area (Å²) in [5, 5.41) is 4.96. The number of nitrogens with one attached hydrogen (secondary N) is 1. The summed E-state index contributed by atoms with van der Waals surface area (Å²) >= 11 is 6.42. The molecule has 0 saturated carbocycles. The van der Waals surface area contributed by atoms with Gasteiger partial charge in [-0.1, -0.05) is 36.7 Å². The first-order chi connectivity index (χ1) is 13.1. The zero-order valence-corrected chi connectivity index (χ0v) is 16.5. The quantitative estimate of drug-likeness (QED) is 0.794. The Kier molecular flexibility index (Phi) is 6.01. The van der Waals surface area contributed by atoms with Crippen molar-refractivity contribution < 1.29 is 14.3 Å². The van der Waals surface area contributed by atoms with E-state index in [2.05, 4.69) is 10.5 Å². The molecule has 1 N–H and O–H groups in total. The molecular formula is C21H23ClN2O3. The van der Waals surface area contributed by atoms with Crippen LogP contribution >= 0.6 is 11.6 Å². The zero-order chi connectivity index (χ0) is 19.4. The fraction of sp³-hybridized carbons (Fsp3) is 0.333. The Morgan fingerprint density at radius 3 is 2.33 bits per heavy atom. The Morgan fingerprint density at radius 2 is 1.70 bits per heavy atom. The van der Waals surface area contributed by atoms with E-state index in [0.717, 1.165) is 16.7 Å². The van der Waals surface area contributed by atoms with Gasteiger partial charge in [0.25, 0.3) is 0 Å². The molecule has 27 heavy (non-hydrogen) atoms. The van der Waals surface area contributed by atoms with Gasteiger partial charge in [0.15, 0.2) is 11.5 Å². The highest BCUT2D eigenvalue weighted by Gasteiger charge is 2.29. The van der Waals surface area contributed by atoms with Crippen LogP contribution in [-0.2, 0) is 4.79 Å². The predicted molar refractivity (Wildman–Crippen MR) is 107 cm³/mol. The van der Waals surface area contributed by atoms with Gasteiger partial charge in [-0.15, -0.1) is 0 Å². The maximum absolute atomic E-state index is 12.6. The van der Waals surface area contributed by atoms with Gasteiger partial charge in [-0.3, -0.25) is 4.79 Å². The number of nitrogens with zero attached hydrogens (tertiary/aromatic N) is 1. The molecular weight excluding hydrogens is 364 g/mol. The summed E-state index contributed by atoms with van der Waals surface area (Å²) in [6.07, 6.45) is 0.643. The number of ether oxygens (including phenoxy) is 2. The Bertz CT molecular complexity index is 880. The third kappa shape index (κ3) is 3.78. The van der Waals surface area contributed by atoms with E-state index in [-0.39, 0.29) is 11.8 Å². The number of carbonyl (C=O) groups excluding carboxylic acids is 1. The van der Waals surface area contributed by atoms with E-state index in [1.54, 1.807) is 6.07 Å². The molecule has 0 aromatic heterocycles. The first kappa shape index (κ1) is 19.2. The maximum Gasteiger partial charge on any atom is 0.247 e. The molecule has 1 unspecified atom stereocenters. The van der Waals surface area contributed by atoms with E-state index >= 15 is 0 Å². The fourth-order valence-corrected chi connectivity index (χ4v) is 3.49. The van der Waals surface area contributed by atoms with Crippen LogP contribution < -0.4 is 14.9 Å². The summed E-state index contributed by atoms with van der Waals surface area (Å²) < 4.78 is 11.6. The second-order valence-electron chi connectivity index (χ2n) is 6.13. The SMILES string of the molecule is CCOc1cc2c(cc1OCC)C(CC)C(=O)NN=C2c1ccccc1Cl. The summed E-state index contributed by atoms with van der Waals surface area (Å²) in [4.78, 5) is 12.6. The number of carbonyl (C=O) groups is 1. The lowest BCUT2D eigenvalue weighted by Crippen LogP contribution is -2.23. The van der Waals surface area contributed by atoms with Crippen LogP contribution in [-0.4, -0.2) is 24.8 Å². The summed E-state index contributed by atoms with van der Waals surface area (Å²) in [5.41, 5.74) is 5.73. The topological polar surface area (TPSA) is 59.9 Å². The Hall–Kier alpha value is -2.53. The van der Waals surface area contributed by atoms with Crippen LogP contribution in [0.2, 0.25) is 5.02 Å². The van der Waals surface area contributed by atoms with E-state index in [9.17, 15) is 4.79 Å². The van der Waals surface area contributed by atoms with Gasteiger partial charge in [-0.05, 0) is 44.0 Å². The first-order valence-electron chi connectivity index (χ1n) is 9.16. The maximum atomic E-state index is 12.6. The van der Waals surface area contributed by atoms with Gasteiger partial charge in [0.05, 0.1) is 29.9 Å². The van der Waals surface area contributed by atoms with Crippen molar-refractivity contribution in [1.29, 1.82) is 0 Å². The number of benzene rings is 2. The minimum atomic E-state index is -0.335. The van der Waals surface area contributed by atoms with Gasteiger partial charge >= 0.3 is 0 Å². The van der Waals surface area contributed by atoms with Gasteiger partial charge in [-0.2, -0.15) is 5.10 Å². The molecule has 0 spiro atoms. The average Bonchev–Trinajstić information content (AvgIpc) is 2.79. The first-order valence-corrected chi connectivity index (χ1v) is 9.54. The lowest BCUT2D eigenvalue weighted by Gasteiger charge is -2.19. The highest BCUT2D eigenvalue weighted by molar-refractivity contribution is 6.35. The molecule has 1 amide bonds. The summed E-state index contributed by atoms with van der Waals surface area (Å²) in [5.74, 6) is 0.776. The molecule has 0 aliphatic carbocycles. The summed E-state index contributed by atoms with van der Waals surface area (Å²) in [6, 6.07) is 11.2. The second kappa shape index (κ2) is 8.44. The monoisotopic (exact) mass is 386 g/mol. The van der Waals surface area contributed by atoms with Crippen molar-refractivity contribution in [2.24, 2.45) is 5.10 Å². The van der Waals surface area contributed by atoms with Gasteiger partial charge in [-0.25, -0.2) is 5.43 Å². The smallest absolute Gasteiger partial charge is 0.247 e. The molecule has 1 aliphatic rings. The highest BCUT2D eigenvalue weighted by atomic mass is 35.5. The number of fused-ring (bicyclic) bond motifs is 1. The normalized spacial score (nSPS) is 16.1. The van der Waals surface area contributed by atoms with Crippen molar-refractivity contribution in [2.45, 2.75) is 33.1 Å². The minimum absolute atomic E-state index is 0.146. The van der Waals surface area contributed by atoms with Crippen molar-refractivity contribution in [2.75, 3.05) is 13.2 Å². The summed E-state index contributed by atoms with van der Waals surface area (Å²) in [6.45, 7) is 6.83. The molecule has 2 aromatic carbocycles. The molecule has 5 nitrogen and oxygen atoms in total. The lowest BCUT2D eigenvalue weighted by molar-refractivity contribution is -0.122. The Labute approximate surface area is 164 Å². The summed E-state index contributed by atoms with van der Waals surface area (Å²) in [7, 11) is 0. The molecule has 0 saturated heterocycles. The zero-order valence-electron chi connectivity index (χ0n) is 15.7. The molecule has 1 heterocycles. The van der Waals surface area contributed by atoms with Crippen LogP contribution in [0.25, 0.3) is 0 Å². The van der Waals surface area contributed by atoms with Crippen LogP contribution in [0.15, 0.2) is 41.5 Å². The van der Waals surface area contributed by atoms with Crippen LogP contribution in [0.3, 0.4) is 0 Å². The molecule has 142 valence electrons. The molecule has 1 aliphatic heterocycles. The van der Waals surface area contributed by atoms with Crippen LogP contribution in [0.4, 0.5) is 0 Å². The van der Waals surface area contributed by atoms with E-state index in [0.29, 0.717) is 41.9 Å². The number of rotatable bonds is 6. The van der Waals surface area contributed by atoms with Gasteiger partial charge < -0.3 is 9.47 Å². The van der Waals surface area contributed by atoms with Crippen LogP contribution in [0.1, 0.15) is 49.8 Å². The van der Waals surface area contributed by atoms with E-state index in [4.69, 9.17) is 21.1 Å². The van der Waals surface area contributed by atoms with Crippen molar-refractivity contribution >= 4 is 23.2 Å². The van der Waals surface area contributed by atoms with Crippen molar-refractivity contribution in [3.8, 4) is 11.5 Å². The van der Waals surface area contributed by atoms with E-state index in [1.807, 2.05) is 51.1 Å². The molecule has 1 atom stereocenters. The van der Waals surface area contributed by atoms with Gasteiger partial charge in [0.1, 0.15) is 0 Å². The molecule has 6 heteroatoms. The molecule has 0 radical (unpaired) electrons. The van der Waals surface area contributed by atoms with Crippen LogP contribution in [0.5, 0.6) is 11.5 Å². The molecule has 0 fully saturated rings. The third-order valence-electron chi connectivity index (χ3n) is 4.48. The standard InChI is InChI=1S/C21H23ClN2O3/c1-4-13-15-11-18(26-5-2)19(27-6-3)12-16(15)20(23-24-21(13)25)14-9-7-8-10-17(14)22/h7-13H,4-6H2,1-3H3,(H,24,25). The van der Waals surface area contributed by atoms with Gasteiger partial charge in [0, 0.05) is 11.1 Å². The largest absolute Gasteiger partial charge is 0.490 e. The minimum Gasteiger partial charge on any atom is -0.490 e. The van der Waals surface area contributed by atoms with Crippen LogP contribution in [0, 0.1) is 0 Å². The van der Waals surface area contributed by atoms with Crippen molar-refractivity contribution in [3.63, 3.8) is 0 Å². The Balaban J connectivity index is 2.26. The third-order valence-corrected chi connectivity index (χ3v) is 4.81.